The minimum atomic E-state index is 0.534. The molecule has 0 aromatic heterocycles. The molecule has 0 aliphatic carbocycles. The topological polar surface area (TPSA) is 15.3 Å². The molecule has 0 radical (unpaired) electrons. The SMILES string of the molecule is CCNC1CCN(C(C)c2ccccc2C)CC1C. The van der Waals surface area contributed by atoms with Crippen LogP contribution in [0.25, 0.3) is 0 Å². The summed E-state index contributed by atoms with van der Waals surface area (Å²) in [6.45, 7) is 12.6. The molecule has 19 heavy (non-hydrogen) atoms. The van der Waals surface area contributed by atoms with E-state index >= 15 is 0 Å². The number of nitrogens with one attached hydrogen (secondary N) is 1. The number of hydrogen-bond acceptors (Lipinski definition) is 2. The van der Waals surface area contributed by atoms with Gasteiger partial charge in [0.15, 0.2) is 0 Å². The van der Waals surface area contributed by atoms with Crippen LogP contribution in [0.15, 0.2) is 24.3 Å². The van der Waals surface area contributed by atoms with Crippen molar-refractivity contribution < 1.29 is 0 Å². The molecule has 0 bridgehead atoms. The normalized spacial score (nSPS) is 26.3. The molecule has 1 N–H and O–H groups in total. The van der Waals surface area contributed by atoms with Gasteiger partial charge in [-0.15, -0.1) is 0 Å². The molecule has 3 unspecified atom stereocenters. The van der Waals surface area contributed by atoms with Gasteiger partial charge in [-0.1, -0.05) is 38.1 Å². The van der Waals surface area contributed by atoms with E-state index in [4.69, 9.17) is 0 Å². The Morgan fingerprint density at radius 2 is 2.11 bits per heavy atom. The van der Waals surface area contributed by atoms with E-state index in [0.29, 0.717) is 12.1 Å². The lowest BCUT2D eigenvalue weighted by Crippen LogP contribution is -2.48. The molecule has 1 aliphatic rings. The Morgan fingerprint density at radius 3 is 2.74 bits per heavy atom. The van der Waals surface area contributed by atoms with E-state index in [1.54, 1.807) is 0 Å². The van der Waals surface area contributed by atoms with Crippen LogP contribution in [0.2, 0.25) is 0 Å². The largest absolute Gasteiger partial charge is 0.314 e. The second-order valence-corrected chi connectivity index (χ2v) is 5.96. The van der Waals surface area contributed by atoms with Gasteiger partial charge in [0.2, 0.25) is 0 Å². The maximum atomic E-state index is 3.62. The summed E-state index contributed by atoms with van der Waals surface area (Å²) in [7, 11) is 0. The second kappa shape index (κ2) is 6.53. The van der Waals surface area contributed by atoms with Gasteiger partial charge in [0, 0.05) is 25.2 Å². The number of hydrogen-bond donors (Lipinski definition) is 1. The second-order valence-electron chi connectivity index (χ2n) is 5.96. The summed E-state index contributed by atoms with van der Waals surface area (Å²) in [5.74, 6) is 0.736. The summed E-state index contributed by atoms with van der Waals surface area (Å²) >= 11 is 0. The first-order valence-corrected chi connectivity index (χ1v) is 7.66. The zero-order chi connectivity index (χ0) is 13.8. The molecule has 2 nitrogen and oxygen atoms in total. The number of aryl methyl sites for hydroxylation is 1. The molecule has 1 heterocycles. The molecule has 2 rings (SSSR count). The van der Waals surface area contributed by atoms with Crippen molar-refractivity contribution in [2.45, 2.75) is 46.2 Å². The van der Waals surface area contributed by atoms with Crippen molar-refractivity contribution in [3.63, 3.8) is 0 Å². The van der Waals surface area contributed by atoms with Crippen molar-refractivity contribution in [3.8, 4) is 0 Å². The zero-order valence-electron chi connectivity index (χ0n) is 12.8. The Balaban J connectivity index is 2.02. The highest BCUT2D eigenvalue weighted by molar-refractivity contribution is 5.28. The van der Waals surface area contributed by atoms with E-state index in [-0.39, 0.29) is 0 Å². The average molecular weight is 260 g/mol. The monoisotopic (exact) mass is 260 g/mol. The van der Waals surface area contributed by atoms with Crippen molar-refractivity contribution in [2.75, 3.05) is 19.6 Å². The third-order valence-corrected chi connectivity index (χ3v) is 4.59. The van der Waals surface area contributed by atoms with Crippen LogP contribution in [0.1, 0.15) is 44.4 Å². The third kappa shape index (κ3) is 3.37. The highest BCUT2D eigenvalue weighted by atomic mass is 15.2. The first-order valence-electron chi connectivity index (χ1n) is 7.66. The molecule has 1 aromatic rings. The number of benzene rings is 1. The van der Waals surface area contributed by atoms with Crippen LogP contribution in [-0.4, -0.2) is 30.6 Å². The lowest BCUT2D eigenvalue weighted by Gasteiger charge is -2.40. The summed E-state index contributed by atoms with van der Waals surface area (Å²) in [6.07, 6.45) is 1.27. The molecule has 1 aliphatic heterocycles. The number of piperidine rings is 1. The van der Waals surface area contributed by atoms with Gasteiger partial charge in [0.1, 0.15) is 0 Å². The van der Waals surface area contributed by atoms with E-state index in [9.17, 15) is 0 Å². The van der Waals surface area contributed by atoms with Gasteiger partial charge in [-0.25, -0.2) is 0 Å². The summed E-state index contributed by atoms with van der Waals surface area (Å²) in [5.41, 5.74) is 2.90. The van der Waals surface area contributed by atoms with Crippen molar-refractivity contribution in [2.24, 2.45) is 5.92 Å². The fraction of sp³-hybridized carbons (Fsp3) is 0.647. The van der Waals surface area contributed by atoms with Crippen LogP contribution in [0.5, 0.6) is 0 Å². The lowest BCUT2D eigenvalue weighted by atomic mass is 9.91. The summed E-state index contributed by atoms with van der Waals surface area (Å²) < 4.78 is 0. The lowest BCUT2D eigenvalue weighted by molar-refractivity contribution is 0.111. The van der Waals surface area contributed by atoms with Gasteiger partial charge in [-0.05, 0) is 43.9 Å². The maximum Gasteiger partial charge on any atom is 0.0322 e. The van der Waals surface area contributed by atoms with Gasteiger partial charge in [-0.2, -0.15) is 0 Å². The van der Waals surface area contributed by atoms with Gasteiger partial charge in [0.25, 0.3) is 0 Å². The first-order chi connectivity index (χ1) is 9.13. The van der Waals surface area contributed by atoms with Gasteiger partial charge < -0.3 is 5.32 Å². The number of rotatable bonds is 4. The van der Waals surface area contributed by atoms with Crippen molar-refractivity contribution in [1.29, 1.82) is 0 Å². The fourth-order valence-electron chi connectivity index (χ4n) is 3.35. The molecular weight excluding hydrogens is 232 g/mol. The summed E-state index contributed by atoms with van der Waals surface area (Å²) in [6, 6.07) is 10.0. The predicted octanol–water partition coefficient (Wildman–Crippen LogP) is 3.38. The smallest absolute Gasteiger partial charge is 0.0322 e. The van der Waals surface area contributed by atoms with Gasteiger partial charge >= 0.3 is 0 Å². The van der Waals surface area contributed by atoms with Crippen LogP contribution in [0.3, 0.4) is 0 Å². The number of likely N-dealkylation sites (tertiary alicyclic amines) is 1. The molecule has 0 amide bonds. The summed E-state index contributed by atoms with van der Waals surface area (Å²) in [4.78, 5) is 2.64. The summed E-state index contributed by atoms with van der Waals surface area (Å²) in [5, 5.41) is 3.62. The Bertz CT molecular complexity index is 402. The van der Waals surface area contributed by atoms with E-state index < -0.39 is 0 Å². The van der Waals surface area contributed by atoms with E-state index in [1.807, 2.05) is 0 Å². The highest BCUT2D eigenvalue weighted by Crippen LogP contribution is 2.28. The van der Waals surface area contributed by atoms with Crippen molar-refractivity contribution in [1.82, 2.24) is 10.2 Å². The standard InChI is InChI=1S/C17H28N2/c1-5-18-17-10-11-19(12-14(17)3)15(4)16-9-7-6-8-13(16)2/h6-9,14-15,17-18H,5,10-12H2,1-4H3. The average Bonchev–Trinajstić information content (AvgIpc) is 2.41. The molecule has 0 spiro atoms. The Labute approximate surface area is 118 Å². The van der Waals surface area contributed by atoms with E-state index in [2.05, 4.69) is 62.2 Å². The Hall–Kier alpha value is -0.860. The van der Waals surface area contributed by atoms with Crippen LogP contribution in [-0.2, 0) is 0 Å². The van der Waals surface area contributed by atoms with Gasteiger partial charge in [-0.3, -0.25) is 4.90 Å². The molecule has 1 aromatic carbocycles. The highest BCUT2D eigenvalue weighted by Gasteiger charge is 2.28. The van der Waals surface area contributed by atoms with Crippen LogP contribution in [0.4, 0.5) is 0 Å². The van der Waals surface area contributed by atoms with Crippen LogP contribution < -0.4 is 5.32 Å². The molecule has 1 fully saturated rings. The predicted molar refractivity (Wildman–Crippen MR) is 82.4 cm³/mol. The molecule has 2 heteroatoms. The quantitative estimate of drug-likeness (QED) is 0.893. The third-order valence-electron chi connectivity index (χ3n) is 4.59. The fourth-order valence-corrected chi connectivity index (χ4v) is 3.35. The molecule has 3 atom stereocenters. The van der Waals surface area contributed by atoms with E-state index in [1.165, 1.54) is 30.6 Å². The molecule has 0 saturated carbocycles. The molecular formula is C17H28N2. The van der Waals surface area contributed by atoms with Crippen molar-refractivity contribution >= 4 is 0 Å². The van der Waals surface area contributed by atoms with E-state index in [0.717, 1.165) is 12.5 Å². The van der Waals surface area contributed by atoms with Gasteiger partial charge in [0.05, 0.1) is 0 Å². The minimum Gasteiger partial charge on any atom is -0.314 e. The minimum absolute atomic E-state index is 0.534. The zero-order valence-corrected chi connectivity index (χ0v) is 12.8. The Kier molecular flexibility index (Phi) is 5.00. The molecule has 106 valence electrons. The number of nitrogens with zero attached hydrogens (tertiary/aromatic N) is 1. The van der Waals surface area contributed by atoms with Crippen molar-refractivity contribution in [3.05, 3.63) is 35.4 Å². The first kappa shape index (κ1) is 14.5. The van der Waals surface area contributed by atoms with Crippen LogP contribution >= 0.6 is 0 Å². The Morgan fingerprint density at radius 1 is 1.37 bits per heavy atom. The maximum absolute atomic E-state index is 3.62. The molecule has 1 saturated heterocycles. The van der Waals surface area contributed by atoms with Crippen LogP contribution in [0, 0.1) is 12.8 Å².